The first-order valence-corrected chi connectivity index (χ1v) is 9.48. The Hall–Kier alpha value is -2.06. The first kappa shape index (κ1) is 20.3. The Morgan fingerprint density at radius 3 is 2.85 bits per heavy atom. The SMILES string of the molecule is CCC(C)C(NC(=O)CSc1nncn1-c1cccc(Cl)c1)C(=O)OC. The van der Waals surface area contributed by atoms with Gasteiger partial charge < -0.3 is 10.1 Å². The van der Waals surface area contributed by atoms with Crippen LogP contribution >= 0.6 is 23.4 Å². The molecule has 140 valence electrons. The van der Waals surface area contributed by atoms with Gasteiger partial charge in [-0.2, -0.15) is 0 Å². The number of rotatable bonds is 8. The number of methoxy groups -OCH3 is 1. The lowest BCUT2D eigenvalue weighted by molar-refractivity contribution is -0.146. The van der Waals surface area contributed by atoms with E-state index in [0.717, 1.165) is 12.1 Å². The average molecular weight is 397 g/mol. The maximum absolute atomic E-state index is 12.3. The number of ether oxygens (including phenoxy) is 1. The van der Waals surface area contributed by atoms with Crippen LogP contribution in [0.25, 0.3) is 5.69 Å². The Bertz CT molecular complexity index is 768. The van der Waals surface area contributed by atoms with Crippen LogP contribution in [0.4, 0.5) is 0 Å². The molecular weight excluding hydrogens is 376 g/mol. The normalized spacial score (nSPS) is 13.1. The van der Waals surface area contributed by atoms with Crippen molar-refractivity contribution in [2.75, 3.05) is 12.9 Å². The molecule has 26 heavy (non-hydrogen) atoms. The quantitative estimate of drug-likeness (QED) is 0.545. The molecule has 2 aromatic rings. The lowest BCUT2D eigenvalue weighted by Crippen LogP contribution is -2.46. The summed E-state index contributed by atoms with van der Waals surface area (Å²) in [6.45, 7) is 3.85. The van der Waals surface area contributed by atoms with Crippen LogP contribution in [0.1, 0.15) is 20.3 Å². The molecule has 0 saturated heterocycles. The maximum Gasteiger partial charge on any atom is 0.328 e. The molecule has 0 radical (unpaired) electrons. The van der Waals surface area contributed by atoms with Crippen molar-refractivity contribution in [3.8, 4) is 5.69 Å². The molecule has 0 aliphatic carbocycles. The molecule has 7 nitrogen and oxygen atoms in total. The van der Waals surface area contributed by atoms with E-state index in [2.05, 4.69) is 15.5 Å². The number of aromatic nitrogens is 3. The molecule has 2 atom stereocenters. The van der Waals surface area contributed by atoms with Crippen molar-refractivity contribution < 1.29 is 14.3 Å². The number of esters is 1. The van der Waals surface area contributed by atoms with Crippen LogP contribution in [0.15, 0.2) is 35.7 Å². The van der Waals surface area contributed by atoms with Gasteiger partial charge in [0, 0.05) is 5.02 Å². The predicted octanol–water partition coefficient (Wildman–Crippen LogP) is 2.72. The minimum Gasteiger partial charge on any atom is -0.467 e. The van der Waals surface area contributed by atoms with Crippen molar-refractivity contribution in [2.24, 2.45) is 5.92 Å². The molecule has 1 aromatic heterocycles. The van der Waals surface area contributed by atoms with Crippen LogP contribution in [0.5, 0.6) is 0 Å². The number of carbonyl (C=O) groups is 2. The van der Waals surface area contributed by atoms with Crippen molar-refractivity contribution in [1.29, 1.82) is 0 Å². The Kier molecular flexibility index (Phi) is 7.47. The summed E-state index contributed by atoms with van der Waals surface area (Å²) in [4.78, 5) is 24.1. The summed E-state index contributed by atoms with van der Waals surface area (Å²) in [6.07, 6.45) is 2.30. The second kappa shape index (κ2) is 9.59. The van der Waals surface area contributed by atoms with Gasteiger partial charge in [0.1, 0.15) is 12.4 Å². The molecule has 0 saturated carbocycles. The third kappa shape index (κ3) is 5.22. The van der Waals surface area contributed by atoms with E-state index in [1.807, 2.05) is 26.0 Å². The summed E-state index contributed by atoms with van der Waals surface area (Å²) >= 11 is 7.24. The summed E-state index contributed by atoms with van der Waals surface area (Å²) in [5.41, 5.74) is 0.803. The number of halogens is 1. The molecular formula is C17H21ClN4O3S. The fraction of sp³-hybridized carbons (Fsp3) is 0.412. The third-order valence-electron chi connectivity index (χ3n) is 3.92. The van der Waals surface area contributed by atoms with E-state index in [-0.39, 0.29) is 17.6 Å². The number of benzene rings is 1. The molecule has 1 aromatic carbocycles. The highest BCUT2D eigenvalue weighted by Crippen LogP contribution is 2.21. The molecule has 1 N–H and O–H groups in total. The van der Waals surface area contributed by atoms with Gasteiger partial charge in [-0.25, -0.2) is 4.79 Å². The molecule has 9 heteroatoms. The molecule has 2 rings (SSSR count). The first-order chi connectivity index (χ1) is 12.5. The molecule has 0 bridgehead atoms. The van der Waals surface area contributed by atoms with Gasteiger partial charge >= 0.3 is 5.97 Å². The van der Waals surface area contributed by atoms with Gasteiger partial charge in [-0.05, 0) is 24.1 Å². The minimum atomic E-state index is -0.663. The molecule has 0 fully saturated rings. The van der Waals surface area contributed by atoms with E-state index in [9.17, 15) is 9.59 Å². The Labute approximate surface area is 161 Å². The van der Waals surface area contributed by atoms with Gasteiger partial charge in [-0.15, -0.1) is 10.2 Å². The zero-order chi connectivity index (χ0) is 19.1. The number of hydrogen-bond donors (Lipinski definition) is 1. The van der Waals surface area contributed by atoms with Crippen LogP contribution in [-0.4, -0.2) is 45.5 Å². The fourth-order valence-corrected chi connectivity index (χ4v) is 3.19. The molecule has 0 spiro atoms. The lowest BCUT2D eigenvalue weighted by Gasteiger charge is -2.21. The van der Waals surface area contributed by atoms with Crippen LogP contribution in [0, 0.1) is 5.92 Å². The average Bonchev–Trinajstić information content (AvgIpc) is 3.11. The van der Waals surface area contributed by atoms with Gasteiger partial charge in [-0.3, -0.25) is 9.36 Å². The molecule has 1 amide bonds. The van der Waals surface area contributed by atoms with Crippen LogP contribution in [-0.2, 0) is 14.3 Å². The van der Waals surface area contributed by atoms with E-state index in [0.29, 0.717) is 10.2 Å². The monoisotopic (exact) mass is 396 g/mol. The van der Waals surface area contributed by atoms with Crippen molar-refractivity contribution in [1.82, 2.24) is 20.1 Å². The molecule has 2 unspecified atom stereocenters. The third-order valence-corrected chi connectivity index (χ3v) is 5.10. The van der Waals surface area contributed by atoms with E-state index in [4.69, 9.17) is 16.3 Å². The molecule has 1 heterocycles. The van der Waals surface area contributed by atoms with Crippen molar-refractivity contribution in [3.63, 3.8) is 0 Å². The zero-order valence-corrected chi connectivity index (χ0v) is 16.4. The second-order valence-electron chi connectivity index (χ2n) is 5.71. The summed E-state index contributed by atoms with van der Waals surface area (Å²) in [6, 6.07) is 6.59. The summed E-state index contributed by atoms with van der Waals surface area (Å²) < 4.78 is 6.52. The van der Waals surface area contributed by atoms with E-state index < -0.39 is 12.0 Å². The standard InChI is InChI=1S/C17H21ClN4O3S/c1-4-11(2)15(16(24)25-3)20-14(23)9-26-17-21-19-10-22(17)13-7-5-6-12(18)8-13/h5-8,10-11,15H,4,9H2,1-3H3,(H,20,23). The van der Waals surface area contributed by atoms with Crippen molar-refractivity contribution >= 4 is 35.2 Å². The summed E-state index contributed by atoms with van der Waals surface area (Å²) in [7, 11) is 1.31. The van der Waals surface area contributed by atoms with Gasteiger partial charge in [0.05, 0.1) is 18.6 Å². The van der Waals surface area contributed by atoms with Gasteiger partial charge in [-0.1, -0.05) is 49.7 Å². The van der Waals surface area contributed by atoms with Gasteiger partial charge in [0.2, 0.25) is 5.91 Å². The predicted molar refractivity (Wildman–Crippen MR) is 100 cm³/mol. The highest BCUT2D eigenvalue weighted by molar-refractivity contribution is 7.99. The largest absolute Gasteiger partial charge is 0.467 e. The smallest absolute Gasteiger partial charge is 0.328 e. The van der Waals surface area contributed by atoms with Crippen molar-refractivity contribution in [3.05, 3.63) is 35.6 Å². The van der Waals surface area contributed by atoms with E-state index in [1.54, 1.807) is 23.0 Å². The van der Waals surface area contributed by atoms with Crippen molar-refractivity contribution in [2.45, 2.75) is 31.5 Å². The van der Waals surface area contributed by atoms with Crippen LogP contribution in [0.2, 0.25) is 5.02 Å². The number of carbonyl (C=O) groups excluding carboxylic acids is 2. The van der Waals surface area contributed by atoms with Gasteiger partial charge in [0.15, 0.2) is 5.16 Å². The second-order valence-corrected chi connectivity index (χ2v) is 7.08. The highest BCUT2D eigenvalue weighted by atomic mass is 35.5. The van der Waals surface area contributed by atoms with Crippen LogP contribution in [0.3, 0.4) is 0 Å². The molecule has 0 aliphatic rings. The molecule has 0 aliphatic heterocycles. The van der Waals surface area contributed by atoms with E-state index in [1.165, 1.54) is 18.9 Å². The number of thioether (sulfide) groups is 1. The zero-order valence-electron chi connectivity index (χ0n) is 14.8. The summed E-state index contributed by atoms with van der Waals surface area (Å²) in [5.74, 6) is -0.638. The Morgan fingerprint density at radius 2 is 2.19 bits per heavy atom. The maximum atomic E-state index is 12.3. The lowest BCUT2D eigenvalue weighted by atomic mass is 9.99. The number of nitrogens with one attached hydrogen (secondary N) is 1. The first-order valence-electron chi connectivity index (χ1n) is 8.12. The number of nitrogens with zero attached hydrogens (tertiary/aromatic N) is 3. The van der Waals surface area contributed by atoms with Gasteiger partial charge in [0.25, 0.3) is 0 Å². The number of hydrogen-bond acceptors (Lipinski definition) is 6. The van der Waals surface area contributed by atoms with E-state index >= 15 is 0 Å². The summed E-state index contributed by atoms with van der Waals surface area (Å²) in [5, 5.41) is 11.8. The topological polar surface area (TPSA) is 86.1 Å². The minimum absolute atomic E-state index is 0.0217. The number of amides is 1. The highest BCUT2D eigenvalue weighted by Gasteiger charge is 2.26. The fourth-order valence-electron chi connectivity index (χ4n) is 2.27. The Morgan fingerprint density at radius 1 is 1.42 bits per heavy atom. The Balaban J connectivity index is 2.02. The van der Waals surface area contributed by atoms with Crippen LogP contribution < -0.4 is 5.32 Å².